The van der Waals surface area contributed by atoms with Crippen LogP contribution in [0.2, 0.25) is 0 Å². The van der Waals surface area contributed by atoms with Crippen molar-refractivity contribution in [3.8, 4) is 5.75 Å². The molecule has 0 radical (unpaired) electrons. The Balaban J connectivity index is 2.45. The third kappa shape index (κ3) is 4.83. The third-order valence-corrected chi connectivity index (χ3v) is 4.84. The third-order valence-electron chi connectivity index (χ3n) is 4.84. The minimum absolute atomic E-state index is 0.0225. The molecule has 1 fully saturated rings. The van der Waals surface area contributed by atoms with Crippen LogP contribution >= 0.6 is 0 Å². The molecule has 0 aliphatic carbocycles. The van der Waals surface area contributed by atoms with Crippen molar-refractivity contribution in [3.05, 3.63) is 28.8 Å². The van der Waals surface area contributed by atoms with E-state index >= 15 is 0 Å². The zero-order valence-electron chi connectivity index (χ0n) is 16.9. The van der Waals surface area contributed by atoms with Gasteiger partial charge in [0.1, 0.15) is 5.75 Å². The molecule has 1 atom stereocenters. The standard InChI is InChI=1S/C21H34N2O2/c1-20(2,3)15-10-14(11-18(24)17-13-22-8-9-23-17)19(25-7)16(12-15)21(4,5)6/h10,12,17,22-23H,8-9,11,13H2,1-7H3. The molecule has 0 amide bonds. The average Bonchev–Trinajstić information content (AvgIpc) is 2.53. The lowest BCUT2D eigenvalue weighted by molar-refractivity contribution is -0.120. The molecule has 0 bridgehead atoms. The fourth-order valence-electron chi connectivity index (χ4n) is 3.24. The molecule has 1 saturated heterocycles. The molecule has 2 N–H and O–H groups in total. The number of benzene rings is 1. The number of Topliss-reactive ketones (excluding diaryl/α,β-unsaturated/α-hetero) is 1. The van der Waals surface area contributed by atoms with E-state index in [0.29, 0.717) is 13.0 Å². The number of carbonyl (C=O) groups excluding carboxylic acids is 1. The summed E-state index contributed by atoms with van der Waals surface area (Å²) in [5, 5.41) is 6.60. The van der Waals surface area contributed by atoms with E-state index in [0.717, 1.165) is 24.4 Å². The monoisotopic (exact) mass is 346 g/mol. The molecule has 25 heavy (non-hydrogen) atoms. The second-order valence-electron chi connectivity index (χ2n) is 9.07. The van der Waals surface area contributed by atoms with E-state index in [2.05, 4.69) is 64.3 Å². The molecule has 140 valence electrons. The number of ketones is 1. The van der Waals surface area contributed by atoms with E-state index in [-0.39, 0.29) is 22.7 Å². The fourth-order valence-corrected chi connectivity index (χ4v) is 3.24. The molecule has 1 aliphatic rings. The quantitative estimate of drug-likeness (QED) is 0.880. The lowest BCUT2D eigenvalue weighted by atomic mass is 9.78. The van der Waals surface area contributed by atoms with Gasteiger partial charge < -0.3 is 15.4 Å². The normalized spacial score (nSPS) is 18.9. The molecule has 1 heterocycles. The van der Waals surface area contributed by atoms with Gasteiger partial charge in [0.25, 0.3) is 0 Å². The van der Waals surface area contributed by atoms with Crippen LogP contribution in [0.5, 0.6) is 5.75 Å². The van der Waals surface area contributed by atoms with Gasteiger partial charge in [0.15, 0.2) is 5.78 Å². The van der Waals surface area contributed by atoms with Gasteiger partial charge in [0.2, 0.25) is 0 Å². The lowest BCUT2D eigenvalue weighted by Gasteiger charge is -2.29. The molecule has 1 unspecified atom stereocenters. The summed E-state index contributed by atoms with van der Waals surface area (Å²) >= 11 is 0. The first-order valence-corrected chi connectivity index (χ1v) is 9.22. The molecular formula is C21H34N2O2. The molecular weight excluding hydrogens is 312 g/mol. The van der Waals surface area contributed by atoms with E-state index in [9.17, 15) is 4.79 Å². The van der Waals surface area contributed by atoms with Crippen LogP contribution < -0.4 is 15.4 Å². The van der Waals surface area contributed by atoms with Crippen molar-refractivity contribution in [2.75, 3.05) is 26.7 Å². The van der Waals surface area contributed by atoms with Crippen molar-refractivity contribution in [1.29, 1.82) is 0 Å². The van der Waals surface area contributed by atoms with Crippen LogP contribution in [0.3, 0.4) is 0 Å². The summed E-state index contributed by atoms with van der Waals surface area (Å²) < 4.78 is 5.77. The van der Waals surface area contributed by atoms with Gasteiger partial charge in [-0.3, -0.25) is 4.79 Å². The van der Waals surface area contributed by atoms with Crippen molar-refractivity contribution in [3.63, 3.8) is 0 Å². The summed E-state index contributed by atoms with van der Waals surface area (Å²) in [6, 6.07) is 4.28. The Morgan fingerprint density at radius 1 is 1.12 bits per heavy atom. The second-order valence-corrected chi connectivity index (χ2v) is 9.07. The molecule has 4 heteroatoms. The molecule has 1 aliphatic heterocycles. The maximum absolute atomic E-state index is 12.8. The van der Waals surface area contributed by atoms with E-state index in [1.165, 1.54) is 11.1 Å². The first-order chi connectivity index (χ1) is 11.5. The number of nitrogens with one attached hydrogen (secondary N) is 2. The van der Waals surface area contributed by atoms with Gasteiger partial charge >= 0.3 is 0 Å². The van der Waals surface area contributed by atoms with Crippen LogP contribution in [0.1, 0.15) is 58.2 Å². The topological polar surface area (TPSA) is 50.4 Å². The van der Waals surface area contributed by atoms with Crippen LogP contribution in [0, 0.1) is 0 Å². The molecule has 0 aromatic heterocycles. The van der Waals surface area contributed by atoms with Crippen molar-refractivity contribution < 1.29 is 9.53 Å². The van der Waals surface area contributed by atoms with Crippen LogP contribution in [0.15, 0.2) is 12.1 Å². The van der Waals surface area contributed by atoms with Crippen molar-refractivity contribution in [2.45, 2.75) is 64.8 Å². The summed E-state index contributed by atoms with van der Waals surface area (Å²) in [5.41, 5.74) is 3.39. The van der Waals surface area contributed by atoms with E-state index in [4.69, 9.17) is 4.74 Å². The summed E-state index contributed by atoms with van der Waals surface area (Å²) in [7, 11) is 1.70. The first kappa shape index (κ1) is 19.9. The largest absolute Gasteiger partial charge is 0.496 e. The van der Waals surface area contributed by atoms with Gasteiger partial charge in [-0.2, -0.15) is 0 Å². The van der Waals surface area contributed by atoms with E-state index < -0.39 is 0 Å². The lowest BCUT2D eigenvalue weighted by Crippen LogP contribution is -2.52. The number of hydrogen-bond acceptors (Lipinski definition) is 4. The van der Waals surface area contributed by atoms with Crippen LogP contribution in [-0.4, -0.2) is 38.6 Å². The van der Waals surface area contributed by atoms with E-state index in [1.54, 1.807) is 7.11 Å². The molecule has 0 spiro atoms. The maximum atomic E-state index is 12.8. The van der Waals surface area contributed by atoms with Crippen molar-refractivity contribution >= 4 is 5.78 Å². The Hall–Kier alpha value is -1.39. The number of piperazine rings is 1. The summed E-state index contributed by atoms with van der Waals surface area (Å²) in [4.78, 5) is 12.8. The van der Waals surface area contributed by atoms with Crippen LogP contribution in [0.25, 0.3) is 0 Å². The van der Waals surface area contributed by atoms with Crippen LogP contribution in [0.4, 0.5) is 0 Å². The van der Waals surface area contributed by atoms with Gasteiger partial charge in [-0.05, 0) is 16.4 Å². The Labute approximate surface area is 152 Å². The van der Waals surface area contributed by atoms with E-state index in [1.807, 2.05) is 0 Å². The highest BCUT2D eigenvalue weighted by molar-refractivity contribution is 5.87. The number of ether oxygens (including phenoxy) is 1. The molecule has 0 saturated carbocycles. The minimum Gasteiger partial charge on any atom is -0.496 e. The summed E-state index contributed by atoms with van der Waals surface area (Å²) in [6.07, 6.45) is 0.398. The molecule has 1 aromatic rings. The van der Waals surface area contributed by atoms with Gasteiger partial charge in [-0.15, -0.1) is 0 Å². The van der Waals surface area contributed by atoms with Crippen molar-refractivity contribution in [2.24, 2.45) is 0 Å². The first-order valence-electron chi connectivity index (χ1n) is 9.22. The predicted molar refractivity (Wildman–Crippen MR) is 104 cm³/mol. The number of methoxy groups -OCH3 is 1. The summed E-state index contributed by atoms with van der Waals surface area (Å²) in [6.45, 7) is 15.6. The minimum atomic E-state index is -0.116. The van der Waals surface area contributed by atoms with Gasteiger partial charge in [0, 0.05) is 37.2 Å². The molecule has 4 nitrogen and oxygen atoms in total. The maximum Gasteiger partial charge on any atom is 0.155 e. The fraction of sp³-hybridized carbons (Fsp3) is 0.667. The number of rotatable bonds is 4. The Kier molecular flexibility index (Phi) is 5.95. The number of hydrogen-bond donors (Lipinski definition) is 2. The van der Waals surface area contributed by atoms with Gasteiger partial charge in [-0.25, -0.2) is 0 Å². The van der Waals surface area contributed by atoms with Crippen LogP contribution in [-0.2, 0) is 22.0 Å². The predicted octanol–water partition coefficient (Wildman–Crippen LogP) is 2.96. The second kappa shape index (κ2) is 7.46. The highest BCUT2D eigenvalue weighted by Crippen LogP contribution is 2.38. The average molecular weight is 347 g/mol. The zero-order valence-corrected chi connectivity index (χ0v) is 16.9. The molecule has 2 rings (SSSR count). The SMILES string of the molecule is COc1c(CC(=O)C2CNCCN2)cc(C(C)(C)C)cc1C(C)(C)C. The van der Waals surface area contributed by atoms with Gasteiger partial charge in [0.05, 0.1) is 13.2 Å². The smallest absolute Gasteiger partial charge is 0.155 e. The summed E-state index contributed by atoms with van der Waals surface area (Å²) in [5.74, 6) is 1.08. The Morgan fingerprint density at radius 2 is 1.80 bits per heavy atom. The highest BCUT2D eigenvalue weighted by atomic mass is 16.5. The highest BCUT2D eigenvalue weighted by Gasteiger charge is 2.28. The van der Waals surface area contributed by atoms with Crippen molar-refractivity contribution in [1.82, 2.24) is 10.6 Å². The van der Waals surface area contributed by atoms with Gasteiger partial charge in [-0.1, -0.05) is 53.7 Å². The Bertz CT molecular complexity index is 618. The number of carbonyl (C=O) groups is 1. The zero-order chi connectivity index (χ0) is 18.8. The Morgan fingerprint density at radius 3 is 2.28 bits per heavy atom. The molecule has 1 aromatic carbocycles.